The number of esters is 3. The Morgan fingerprint density at radius 2 is 0.477 bits per heavy atom. The van der Waals surface area contributed by atoms with E-state index in [9.17, 15) is 43.5 Å². The fourth-order valence-electron chi connectivity index (χ4n) is 12.5. The maximum atomic E-state index is 13.0. The van der Waals surface area contributed by atoms with Gasteiger partial charge in [-0.05, 0) is 109 Å². The van der Waals surface area contributed by atoms with Crippen LogP contribution in [0.15, 0.2) is 122 Å². The Morgan fingerprint density at radius 3 is 0.757 bits per heavy atom. The summed E-state index contributed by atoms with van der Waals surface area (Å²) in [4.78, 5) is 58.8. The smallest absolute Gasteiger partial charge is 0.463 e. The Morgan fingerprint density at radius 1 is 0.261 bits per heavy atom. The van der Waals surface area contributed by atoms with Crippen LogP contribution in [0.2, 0.25) is 0 Å². The van der Waals surface area contributed by atoms with Gasteiger partial charge < -0.3 is 34.2 Å². The molecule has 0 aromatic heterocycles. The van der Waals surface area contributed by atoms with Gasteiger partial charge in [0.25, 0.3) is 0 Å². The van der Waals surface area contributed by atoms with Gasteiger partial charge in [-0.1, -0.05) is 386 Å². The quantitative estimate of drug-likeness (QED) is 0.0146. The summed E-state index contributed by atoms with van der Waals surface area (Å²) in [6.45, 7) is 2.52. The Hall–Kier alpha value is -4.05. The molecular weight excluding hydrogens is 1430 g/mol. The van der Waals surface area contributed by atoms with Crippen molar-refractivity contribution in [2.24, 2.45) is 0 Å². The molecule has 642 valence electrons. The molecular formula is C93H164O16P2. The molecule has 0 aliphatic rings. The van der Waals surface area contributed by atoms with Crippen molar-refractivity contribution in [2.75, 3.05) is 39.6 Å². The lowest BCUT2D eigenvalue weighted by molar-refractivity contribution is -0.161. The largest absolute Gasteiger partial charge is 0.472 e. The number of carbonyl (C=O) groups excluding carboxylic acids is 3. The van der Waals surface area contributed by atoms with E-state index >= 15 is 0 Å². The molecule has 18 heteroatoms. The summed E-state index contributed by atoms with van der Waals surface area (Å²) in [5, 5.41) is 20.7. The van der Waals surface area contributed by atoms with E-state index in [4.69, 9.17) is 32.3 Å². The molecule has 0 aliphatic carbocycles. The highest BCUT2D eigenvalue weighted by Crippen LogP contribution is 2.45. The predicted molar refractivity (Wildman–Crippen MR) is 463 cm³/mol. The van der Waals surface area contributed by atoms with Crippen molar-refractivity contribution in [2.45, 2.75) is 411 Å². The summed E-state index contributed by atoms with van der Waals surface area (Å²) in [5.74, 6) is -1.56. The number of allylic oxidation sites excluding steroid dienone is 20. The van der Waals surface area contributed by atoms with Gasteiger partial charge >= 0.3 is 33.6 Å². The van der Waals surface area contributed by atoms with Gasteiger partial charge in [-0.15, -0.1) is 0 Å². The van der Waals surface area contributed by atoms with Crippen molar-refractivity contribution in [3.8, 4) is 0 Å². The first kappa shape index (κ1) is 107. The fraction of sp³-hybridized carbons (Fsp3) is 0.753. The molecule has 0 fully saturated rings. The summed E-state index contributed by atoms with van der Waals surface area (Å²) in [7, 11) is -9.79. The van der Waals surface area contributed by atoms with Crippen molar-refractivity contribution in [3.05, 3.63) is 122 Å². The second kappa shape index (κ2) is 85.3. The van der Waals surface area contributed by atoms with Gasteiger partial charge in [-0.25, -0.2) is 9.13 Å². The van der Waals surface area contributed by atoms with Crippen LogP contribution < -0.4 is 0 Å². The van der Waals surface area contributed by atoms with Crippen molar-refractivity contribution in [3.63, 3.8) is 0 Å². The molecule has 0 radical (unpaired) electrons. The van der Waals surface area contributed by atoms with Gasteiger partial charge in [-0.3, -0.25) is 32.5 Å². The van der Waals surface area contributed by atoms with E-state index in [2.05, 4.69) is 142 Å². The number of hydrogen-bond acceptors (Lipinski definition) is 14. The maximum absolute atomic E-state index is 13.0. The Balaban J connectivity index is 4.41. The molecule has 5 atom stereocenters. The van der Waals surface area contributed by atoms with E-state index in [1.807, 2.05) is 0 Å². The van der Waals surface area contributed by atoms with Crippen LogP contribution in [0.3, 0.4) is 0 Å². The molecule has 0 rings (SSSR count). The van der Waals surface area contributed by atoms with Crippen LogP contribution in [0, 0.1) is 0 Å². The molecule has 0 aromatic carbocycles. The van der Waals surface area contributed by atoms with E-state index in [0.717, 1.165) is 141 Å². The fourth-order valence-corrected chi connectivity index (χ4v) is 14.0. The van der Waals surface area contributed by atoms with Crippen molar-refractivity contribution >= 4 is 33.6 Å². The number of unbranched alkanes of at least 4 members (excludes halogenated alkanes) is 42. The summed E-state index contributed by atoms with van der Waals surface area (Å²) in [6, 6.07) is 0. The average Bonchev–Trinajstić information content (AvgIpc) is 0.901. The Labute approximate surface area is 678 Å². The lowest BCUT2D eigenvalue weighted by Gasteiger charge is -2.21. The second-order valence-corrected chi connectivity index (χ2v) is 32.9. The van der Waals surface area contributed by atoms with Crippen molar-refractivity contribution in [1.82, 2.24) is 0 Å². The third kappa shape index (κ3) is 86.6. The van der Waals surface area contributed by atoms with Crippen LogP contribution in [0.4, 0.5) is 0 Å². The van der Waals surface area contributed by atoms with E-state index < -0.39 is 91.5 Å². The zero-order chi connectivity index (χ0) is 80.8. The van der Waals surface area contributed by atoms with Crippen molar-refractivity contribution in [1.29, 1.82) is 0 Å². The van der Waals surface area contributed by atoms with Gasteiger partial charge in [-0.2, -0.15) is 0 Å². The standard InChI is InChI=1S/C93H164O16P2/c1-4-7-10-13-16-19-22-25-28-30-32-34-36-38-39-40-41-42-43-44-45-46-47-49-51-52-54-56-59-61-64-67-70-73-76-79-91(96)103-82-88(94)83-105-110(99,100)106-84-89(95)85-107-111(101,102)108-87-90(109-93(98)81-78-75-72-69-66-63-58-27-24-21-18-15-12-9-6-3)86-104-92(97)80-77-74-71-68-65-62-60-57-55-53-50-48-37-35-33-31-29-26-23-20-17-14-11-8-5-2/h7-8,10-11,16-17,19-20,25-26,28-29,32-35,38-39,48,50,88-90,94-95H,4-6,9,12-15,18,21-24,27,30-31,36-37,40-47,49,51-87H2,1-3H3,(H,99,100)(H,101,102)/b10-7-,11-8-,19-16-,20-17-,28-25-,29-26-,34-32-,35-33-,39-38-,50-48-. The number of phosphoric ester groups is 2. The molecule has 0 amide bonds. The lowest BCUT2D eigenvalue weighted by atomic mass is 10.0. The Bertz CT molecular complexity index is 2500. The first-order valence-electron chi connectivity index (χ1n) is 44.8. The minimum absolute atomic E-state index is 0.107. The molecule has 0 aliphatic heterocycles. The monoisotopic (exact) mass is 1600 g/mol. The van der Waals surface area contributed by atoms with E-state index in [0.29, 0.717) is 19.3 Å². The van der Waals surface area contributed by atoms with Gasteiger partial charge in [0.2, 0.25) is 0 Å². The van der Waals surface area contributed by atoms with Crippen LogP contribution in [-0.4, -0.2) is 95.9 Å². The highest BCUT2D eigenvalue weighted by atomic mass is 31.2. The first-order valence-corrected chi connectivity index (χ1v) is 47.8. The number of aliphatic hydroxyl groups excluding tert-OH is 2. The van der Waals surface area contributed by atoms with Crippen LogP contribution in [0.1, 0.15) is 393 Å². The summed E-state index contributed by atoms with van der Waals surface area (Å²) < 4.78 is 61.4. The molecule has 0 heterocycles. The van der Waals surface area contributed by atoms with Crippen LogP contribution in [-0.2, 0) is 55.8 Å². The number of ether oxygens (including phenoxy) is 3. The minimum Gasteiger partial charge on any atom is -0.463 e. The third-order valence-electron chi connectivity index (χ3n) is 19.2. The van der Waals surface area contributed by atoms with Gasteiger partial charge in [0.15, 0.2) is 6.10 Å². The highest BCUT2D eigenvalue weighted by Gasteiger charge is 2.29. The van der Waals surface area contributed by atoms with Crippen molar-refractivity contribution < 1.29 is 75.8 Å². The molecule has 111 heavy (non-hydrogen) atoms. The molecule has 0 saturated carbocycles. The second-order valence-electron chi connectivity index (χ2n) is 30.0. The summed E-state index contributed by atoms with van der Waals surface area (Å²) in [6.07, 6.45) is 104. The summed E-state index contributed by atoms with van der Waals surface area (Å²) >= 11 is 0. The molecule has 5 unspecified atom stereocenters. The van der Waals surface area contributed by atoms with Gasteiger partial charge in [0.05, 0.1) is 26.4 Å². The Kier molecular flexibility index (Phi) is 82.2. The van der Waals surface area contributed by atoms with Crippen LogP contribution >= 0.6 is 15.6 Å². The lowest BCUT2D eigenvalue weighted by Crippen LogP contribution is -2.30. The zero-order valence-electron chi connectivity index (χ0n) is 70.6. The van der Waals surface area contributed by atoms with Gasteiger partial charge in [0.1, 0.15) is 25.4 Å². The SMILES string of the molecule is CC/C=C\C/C=C\C/C=C\C/C=C\C/C=C\CCCCCCCCCCCCCCCCCCCCCC(=O)OCC(O)COP(=O)(O)OCC(O)COP(=O)(O)OCC(COC(=O)CCCCCCCCCCC/C=C\C/C=C\C/C=C\C/C=C\C/C=C\CC)OC(=O)CCCCCCCCCCCCCCCCC. The minimum atomic E-state index is -4.93. The van der Waals surface area contributed by atoms with Crippen LogP contribution in [0.25, 0.3) is 0 Å². The number of aliphatic hydroxyl groups is 2. The zero-order valence-corrected chi connectivity index (χ0v) is 72.4. The van der Waals surface area contributed by atoms with Crippen LogP contribution in [0.5, 0.6) is 0 Å². The molecule has 16 nitrogen and oxygen atoms in total. The predicted octanol–water partition coefficient (Wildman–Crippen LogP) is 27.2. The van der Waals surface area contributed by atoms with E-state index in [1.165, 1.54) is 193 Å². The van der Waals surface area contributed by atoms with E-state index in [1.54, 1.807) is 0 Å². The summed E-state index contributed by atoms with van der Waals surface area (Å²) in [5.41, 5.74) is 0. The molecule has 0 bridgehead atoms. The number of carbonyl (C=O) groups is 3. The average molecular weight is 1600 g/mol. The maximum Gasteiger partial charge on any atom is 0.472 e. The molecule has 4 N–H and O–H groups in total. The van der Waals surface area contributed by atoms with E-state index in [-0.39, 0.29) is 19.3 Å². The third-order valence-corrected chi connectivity index (χ3v) is 21.1. The van der Waals surface area contributed by atoms with Gasteiger partial charge in [0, 0.05) is 19.3 Å². The number of rotatable bonds is 85. The molecule has 0 saturated heterocycles. The number of hydrogen-bond donors (Lipinski definition) is 4. The molecule has 0 aromatic rings. The normalized spacial score (nSPS) is 14.4. The molecule has 0 spiro atoms. The topological polar surface area (TPSA) is 231 Å². The first-order chi connectivity index (χ1) is 54.2. The highest BCUT2D eigenvalue weighted by molar-refractivity contribution is 7.47. The number of phosphoric acid groups is 2.